The van der Waals surface area contributed by atoms with Crippen molar-refractivity contribution < 1.29 is 14.3 Å². The van der Waals surface area contributed by atoms with Crippen molar-refractivity contribution in [2.75, 3.05) is 19.7 Å². The summed E-state index contributed by atoms with van der Waals surface area (Å²) in [7, 11) is 0. The zero-order chi connectivity index (χ0) is 20.9. The summed E-state index contributed by atoms with van der Waals surface area (Å²) in [6, 6.07) is 19.9. The maximum absolute atomic E-state index is 12.6. The van der Waals surface area contributed by atoms with Crippen molar-refractivity contribution in [2.45, 2.75) is 45.8 Å². The van der Waals surface area contributed by atoms with Crippen molar-refractivity contribution in [1.29, 1.82) is 0 Å². The SMILES string of the molecule is CCC(C)N(CCC(=O)NCCc1ccccc1)C(=O)COCc1ccccc1. The maximum Gasteiger partial charge on any atom is 0.248 e. The van der Waals surface area contributed by atoms with E-state index in [0.717, 1.165) is 18.4 Å². The number of amides is 2. The Kier molecular flexibility index (Phi) is 9.93. The normalized spacial score (nSPS) is 11.7. The predicted molar refractivity (Wildman–Crippen MR) is 115 cm³/mol. The van der Waals surface area contributed by atoms with Gasteiger partial charge in [-0.2, -0.15) is 0 Å². The summed E-state index contributed by atoms with van der Waals surface area (Å²) in [6.45, 7) is 5.47. The number of nitrogens with zero attached hydrogens (tertiary/aromatic N) is 1. The third-order valence-electron chi connectivity index (χ3n) is 4.94. The fraction of sp³-hybridized carbons (Fsp3) is 0.417. The quantitative estimate of drug-likeness (QED) is 0.597. The second-order valence-electron chi connectivity index (χ2n) is 7.16. The summed E-state index contributed by atoms with van der Waals surface area (Å²) >= 11 is 0. The Balaban J connectivity index is 1.73. The number of benzene rings is 2. The van der Waals surface area contributed by atoms with Gasteiger partial charge in [0.25, 0.3) is 0 Å². The first kappa shape index (κ1) is 22.6. The first-order valence-corrected chi connectivity index (χ1v) is 10.3. The molecule has 0 saturated carbocycles. The minimum Gasteiger partial charge on any atom is -0.367 e. The zero-order valence-corrected chi connectivity index (χ0v) is 17.5. The van der Waals surface area contributed by atoms with Crippen molar-refractivity contribution in [2.24, 2.45) is 0 Å². The first-order valence-electron chi connectivity index (χ1n) is 10.3. The molecule has 0 bridgehead atoms. The van der Waals surface area contributed by atoms with Gasteiger partial charge in [-0.05, 0) is 30.9 Å². The lowest BCUT2D eigenvalue weighted by Gasteiger charge is -2.28. The van der Waals surface area contributed by atoms with Crippen LogP contribution in [0.2, 0.25) is 0 Å². The van der Waals surface area contributed by atoms with E-state index in [9.17, 15) is 9.59 Å². The molecule has 2 amide bonds. The van der Waals surface area contributed by atoms with Crippen LogP contribution < -0.4 is 5.32 Å². The van der Waals surface area contributed by atoms with Gasteiger partial charge in [0, 0.05) is 25.6 Å². The maximum atomic E-state index is 12.6. The molecule has 0 aromatic heterocycles. The highest BCUT2D eigenvalue weighted by atomic mass is 16.5. The molecule has 2 rings (SSSR count). The van der Waals surface area contributed by atoms with Gasteiger partial charge in [0.1, 0.15) is 6.61 Å². The highest BCUT2D eigenvalue weighted by Crippen LogP contribution is 2.07. The standard InChI is InChI=1S/C24H32N2O3/c1-3-20(2)26(24(28)19-29-18-22-12-8-5-9-13-22)17-15-23(27)25-16-14-21-10-6-4-7-11-21/h4-13,20H,3,14-19H2,1-2H3,(H,25,27). The van der Waals surface area contributed by atoms with E-state index in [4.69, 9.17) is 4.74 Å². The second kappa shape index (κ2) is 12.7. The van der Waals surface area contributed by atoms with Gasteiger partial charge in [-0.3, -0.25) is 9.59 Å². The van der Waals surface area contributed by atoms with Crippen LogP contribution in [0.4, 0.5) is 0 Å². The first-order chi connectivity index (χ1) is 14.1. The summed E-state index contributed by atoms with van der Waals surface area (Å²) in [4.78, 5) is 26.6. The molecule has 1 N–H and O–H groups in total. The molecule has 2 aromatic rings. The van der Waals surface area contributed by atoms with Gasteiger partial charge in [0.15, 0.2) is 0 Å². The van der Waals surface area contributed by atoms with Crippen molar-refractivity contribution >= 4 is 11.8 Å². The Morgan fingerprint density at radius 1 is 1.00 bits per heavy atom. The van der Waals surface area contributed by atoms with Crippen LogP contribution in [0.25, 0.3) is 0 Å². The lowest BCUT2D eigenvalue weighted by molar-refractivity contribution is -0.139. The number of hydrogen-bond donors (Lipinski definition) is 1. The topological polar surface area (TPSA) is 58.6 Å². The van der Waals surface area contributed by atoms with Crippen LogP contribution in [0.3, 0.4) is 0 Å². The van der Waals surface area contributed by atoms with Gasteiger partial charge >= 0.3 is 0 Å². The summed E-state index contributed by atoms with van der Waals surface area (Å²) in [5.41, 5.74) is 2.23. The number of rotatable bonds is 12. The average molecular weight is 397 g/mol. The smallest absolute Gasteiger partial charge is 0.248 e. The molecule has 0 aliphatic carbocycles. The summed E-state index contributed by atoms with van der Waals surface area (Å²) in [6.07, 6.45) is 1.93. The number of carbonyl (C=O) groups is 2. The lowest BCUT2D eigenvalue weighted by atomic mass is 10.1. The minimum absolute atomic E-state index is 0.0227. The van der Waals surface area contributed by atoms with Crippen molar-refractivity contribution in [3.63, 3.8) is 0 Å². The average Bonchev–Trinajstić information content (AvgIpc) is 2.75. The molecule has 0 fully saturated rings. The van der Waals surface area contributed by atoms with Crippen LogP contribution in [0, 0.1) is 0 Å². The molecule has 0 spiro atoms. The van der Waals surface area contributed by atoms with Crippen LogP contribution in [0.1, 0.15) is 37.8 Å². The molecule has 0 radical (unpaired) electrons. The molecule has 1 atom stereocenters. The fourth-order valence-electron chi connectivity index (χ4n) is 3.03. The van der Waals surface area contributed by atoms with E-state index < -0.39 is 0 Å². The van der Waals surface area contributed by atoms with E-state index in [2.05, 4.69) is 5.32 Å². The molecule has 29 heavy (non-hydrogen) atoms. The Hall–Kier alpha value is -2.66. The Morgan fingerprint density at radius 3 is 2.24 bits per heavy atom. The third kappa shape index (κ3) is 8.48. The molecule has 0 heterocycles. The van der Waals surface area contributed by atoms with E-state index in [1.807, 2.05) is 74.5 Å². The molecule has 0 saturated heterocycles. The van der Waals surface area contributed by atoms with Gasteiger partial charge in [-0.15, -0.1) is 0 Å². The highest BCUT2D eigenvalue weighted by Gasteiger charge is 2.20. The monoisotopic (exact) mass is 396 g/mol. The fourth-order valence-corrected chi connectivity index (χ4v) is 3.03. The van der Waals surface area contributed by atoms with Crippen LogP contribution in [0.15, 0.2) is 60.7 Å². The van der Waals surface area contributed by atoms with Gasteiger partial charge in [0.05, 0.1) is 6.61 Å². The molecule has 0 aliphatic rings. The Labute approximate surface area is 174 Å². The van der Waals surface area contributed by atoms with E-state index >= 15 is 0 Å². The molecular formula is C24H32N2O3. The molecular weight excluding hydrogens is 364 g/mol. The van der Waals surface area contributed by atoms with Crippen LogP contribution in [0.5, 0.6) is 0 Å². The number of nitrogens with one attached hydrogen (secondary N) is 1. The Bertz CT molecular complexity index is 734. The van der Waals surface area contributed by atoms with Crippen molar-refractivity contribution in [3.8, 4) is 0 Å². The number of carbonyl (C=O) groups excluding carboxylic acids is 2. The predicted octanol–water partition coefficient (Wildman–Crippen LogP) is 3.58. The summed E-state index contributed by atoms with van der Waals surface area (Å²) < 4.78 is 5.59. The van der Waals surface area contributed by atoms with E-state index in [1.165, 1.54) is 5.56 Å². The second-order valence-corrected chi connectivity index (χ2v) is 7.16. The number of hydrogen-bond acceptors (Lipinski definition) is 3. The van der Waals surface area contributed by atoms with Crippen LogP contribution >= 0.6 is 0 Å². The molecule has 0 aliphatic heterocycles. The molecule has 1 unspecified atom stereocenters. The lowest BCUT2D eigenvalue weighted by Crippen LogP contribution is -2.42. The largest absolute Gasteiger partial charge is 0.367 e. The molecule has 2 aromatic carbocycles. The van der Waals surface area contributed by atoms with Gasteiger partial charge < -0.3 is 15.0 Å². The van der Waals surface area contributed by atoms with Gasteiger partial charge in [-0.25, -0.2) is 0 Å². The summed E-state index contributed by atoms with van der Waals surface area (Å²) in [5, 5.41) is 2.94. The molecule has 156 valence electrons. The molecule has 5 heteroatoms. The van der Waals surface area contributed by atoms with Gasteiger partial charge in [-0.1, -0.05) is 67.6 Å². The van der Waals surface area contributed by atoms with E-state index in [0.29, 0.717) is 26.1 Å². The van der Waals surface area contributed by atoms with Crippen molar-refractivity contribution in [3.05, 3.63) is 71.8 Å². The van der Waals surface area contributed by atoms with E-state index in [-0.39, 0.29) is 24.5 Å². The summed E-state index contributed by atoms with van der Waals surface area (Å²) in [5.74, 6) is -0.111. The molecule has 5 nitrogen and oxygen atoms in total. The van der Waals surface area contributed by atoms with Gasteiger partial charge in [0.2, 0.25) is 11.8 Å². The highest BCUT2D eigenvalue weighted by molar-refractivity contribution is 5.80. The minimum atomic E-state index is -0.0765. The van der Waals surface area contributed by atoms with Crippen LogP contribution in [-0.2, 0) is 27.4 Å². The Morgan fingerprint density at radius 2 is 1.62 bits per heavy atom. The zero-order valence-electron chi connectivity index (χ0n) is 17.5. The van der Waals surface area contributed by atoms with E-state index in [1.54, 1.807) is 4.90 Å². The van der Waals surface area contributed by atoms with Crippen molar-refractivity contribution in [1.82, 2.24) is 10.2 Å². The van der Waals surface area contributed by atoms with Crippen LogP contribution in [-0.4, -0.2) is 42.5 Å². The third-order valence-corrected chi connectivity index (χ3v) is 4.94. The number of ether oxygens (including phenoxy) is 1.